The van der Waals surface area contributed by atoms with E-state index in [-0.39, 0.29) is 11.7 Å². The van der Waals surface area contributed by atoms with E-state index in [1.165, 1.54) is 11.8 Å². The van der Waals surface area contributed by atoms with Gasteiger partial charge in [0.1, 0.15) is 5.40 Å². The van der Waals surface area contributed by atoms with Crippen molar-refractivity contribution in [2.24, 2.45) is 0 Å². The fourth-order valence-corrected chi connectivity index (χ4v) is 3.83. The van der Waals surface area contributed by atoms with E-state index in [1.807, 2.05) is 50.4 Å². The summed E-state index contributed by atoms with van der Waals surface area (Å²) in [7, 11) is 0. The van der Waals surface area contributed by atoms with Gasteiger partial charge in [0.25, 0.3) is 0 Å². The van der Waals surface area contributed by atoms with Crippen LogP contribution in [0.4, 0.5) is 5.69 Å². The molecule has 0 aliphatic carbocycles. The first kappa shape index (κ1) is 19.9. The molecule has 0 unspecified atom stereocenters. The summed E-state index contributed by atoms with van der Waals surface area (Å²) < 4.78 is 1.64. The molecule has 0 aliphatic rings. The van der Waals surface area contributed by atoms with Crippen LogP contribution >= 0.6 is 23.5 Å². The summed E-state index contributed by atoms with van der Waals surface area (Å²) in [6, 6.07) is 11.5. The van der Waals surface area contributed by atoms with Crippen LogP contribution in [0.5, 0.6) is 0 Å². The lowest BCUT2D eigenvalue weighted by Gasteiger charge is -2.10. The molecule has 7 nitrogen and oxygen atoms in total. The third-order valence-electron chi connectivity index (χ3n) is 3.99. The number of carbonyl (C=O) groups excluding carboxylic acids is 1. The molecular weight excluding hydrogens is 392 g/mol. The number of nitrogens with zero attached hydrogens (tertiary/aromatic N) is 5. The molecule has 9 heteroatoms. The van der Waals surface area contributed by atoms with Gasteiger partial charge in [-0.1, -0.05) is 29.5 Å². The minimum Gasteiger partial charge on any atom is -0.325 e. The van der Waals surface area contributed by atoms with Crippen molar-refractivity contribution in [3.8, 4) is 11.1 Å². The van der Waals surface area contributed by atoms with Gasteiger partial charge in [0, 0.05) is 10.6 Å². The number of nitrogens with one attached hydrogen (secondary N) is 1. The monoisotopic (exact) mass is 410 g/mol. The predicted molar refractivity (Wildman–Crippen MR) is 111 cm³/mol. The van der Waals surface area contributed by atoms with Crippen LogP contribution < -0.4 is 5.32 Å². The van der Waals surface area contributed by atoms with E-state index in [0.717, 1.165) is 44.7 Å². The average Bonchev–Trinajstić information content (AvgIpc) is 3.11. The second-order valence-electron chi connectivity index (χ2n) is 6.17. The van der Waals surface area contributed by atoms with Crippen LogP contribution in [0.1, 0.15) is 16.7 Å². The van der Waals surface area contributed by atoms with Gasteiger partial charge < -0.3 is 5.32 Å². The highest BCUT2D eigenvalue weighted by Crippen LogP contribution is 2.24. The highest BCUT2D eigenvalue weighted by atomic mass is 32.2. The number of aromatic nitrogens is 4. The van der Waals surface area contributed by atoms with Crippen molar-refractivity contribution in [1.29, 1.82) is 5.26 Å². The zero-order valence-electron chi connectivity index (χ0n) is 15.6. The van der Waals surface area contributed by atoms with Crippen molar-refractivity contribution in [2.45, 2.75) is 30.8 Å². The molecule has 0 bridgehead atoms. The molecule has 1 amide bonds. The molecule has 0 radical (unpaired) electrons. The Balaban J connectivity index is 1.66. The third kappa shape index (κ3) is 4.71. The lowest BCUT2D eigenvalue weighted by molar-refractivity contribution is -0.113. The Morgan fingerprint density at radius 2 is 2.00 bits per heavy atom. The molecule has 142 valence electrons. The number of hydrogen-bond donors (Lipinski definition) is 1. The molecule has 1 N–H and O–H groups in total. The van der Waals surface area contributed by atoms with Crippen molar-refractivity contribution in [3.05, 3.63) is 53.1 Å². The highest BCUT2D eigenvalue weighted by Gasteiger charge is 2.14. The Morgan fingerprint density at radius 1 is 1.18 bits per heavy atom. The van der Waals surface area contributed by atoms with E-state index in [1.54, 1.807) is 10.7 Å². The number of rotatable bonds is 6. The summed E-state index contributed by atoms with van der Waals surface area (Å²) in [5, 5.41) is 26.1. The maximum absolute atomic E-state index is 12.4. The van der Waals surface area contributed by atoms with Crippen LogP contribution in [0.15, 0.2) is 46.5 Å². The Bertz CT molecular complexity index is 1060. The van der Waals surface area contributed by atoms with Crippen LogP contribution in [0.3, 0.4) is 0 Å². The van der Waals surface area contributed by atoms with Crippen LogP contribution in [-0.2, 0) is 4.79 Å². The topological polar surface area (TPSA) is 96.5 Å². The van der Waals surface area contributed by atoms with Gasteiger partial charge in [0.2, 0.25) is 11.1 Å². The molecule has 3 rings (SSSR count). The molecule has 2 aromatic carbocycles. The van der Waals surface area contributed by atoms with Gasteiger partial charge in [-0.05, 0) is 78.4 Å². The molecule has 28 heavy (non-hydrogen) atoms. The van der Waals surface area contributed by atoms with Gasteiger partial charge in [-0.15, -0.1) is 5.10 Å². The first-order chi connectivity index (χ1) is 13.5. The standard InChI is InChI=1S/C19H18N6OS2/c1-12-4-7-17(14(3)8-12)25-19(22-23-24-25)27-10-18(26)21-16-6-5-15(28-11-20)9-13(16)2/h4-9H,10H2,1-3H3,(H,21,26). The first-order valence-corrected chi connectivity index (χ1v) is 10.2. The number of hydrogen-bond acceptors (Lipinski definition) is 7. The molecule has 0 atom stereocenters. The average molecular weight is 411 g/mol. The first-order valence-electron chi connectivity index (χ1n) is 8.43. The lowest BCUT2D eigenvalue weighted by atomic mass is 10.1. The highest BCUT2D eigenvalue weighted by molar-refractivity contribution is 8.03. The third-order valence-corrected chi connectivity index (χ3v) is 5.49. The molecule has 0 saturated carbocycles. The van der Waals surface area contributed by atoms with Crippen molar-refractivity contribution in [2.75, 3.05) is 11.1 Å². The van der Waals surface area contributed by atoms with Crippen LogP contribution in [-0.4, -0.2) is 31.9 Å². The largest absolute Gasteiger partial charge is 0.325 e. The van der Waals surface area contributed by atoms with Gasteiger partial charge in [-0.25, -0.2) is 0 Å². The van der Waals surface area contributed by atoms with Crippen molar-refractivity contribution in [3.63, 3.8) is 0 Å². The minimum absolute atomic E-state index is 0.149. The Kier molecular flexibility index (Phi) is 6.34. The molecule has 1 heterocycles. The summed E-state index contributed by atoms with van der Waals surface area (Å²) in [5.74, 6) is 0.0309. The van der Waals surface area contributed by atoms with Gasteiger partial charge in [0.15, 0.2) is 0 Å². The Hall–Kier alpha value is -2.83. The zero-order chi connectivity index (χ0) is 20.1. The van der Waals surface area contributed by atoms with Gasteiger partial charge >= 0.3 is 0 Å². The van der Waals surface area contributed by atoms with E-state index in [9.17, 15) is 4.79 Å². The predicted octanol–water partition coefficient (Wildman–Crippen LogP) is 3.89. The number of thioether (sulfide) groups is 2. The summed E-state index contributed by atoms with van der Waals surface area (Å²) in [4.78, 5) is 13.2. The van der Waals surface area contributed by atoms with E-state index in [4.69, 9.17) is 5.26 Å². The second kappa shape index (κ2) is 8.91. The fourth-order valence-electron chi connectivity index (χ4n) is 2.67. The fraction of sp³-hybridized carbons (Fsp3) is 0.211. The second-order valence-corrected chi connectivity index (χ2v) is 7.97. The SMILES string of the molecule is Cc1ccc(-n2nnnc2SCC(=O)Nc2ccc(SC#N)cc2C)c(C)c1. The number of thiocyanates is 1. The smallest absolute Gasteiger partial charge is 0.234 e. The van der Waals surface area contributed by atoms with E-state index >= 15 is 0 Å². The van der Waals surface area contributed by atoms with Crippen LogP contribution in [0, 0.1) is 31.4 Å². The minimum atomic E-state index is -0.149. The molecule has 0 saturated heterocycles. The number of aryl methyl sites for hydroxylation is 3. The summed E-state index contributed by atoms with van der Waals surface area (Å²) in [5.41, 5.74) is 4.74. The number of carbonyl (C=O) groups is 1. The number of anilines is 1. The number of nitriles is 1. The Morgan fingerprint density at radius 3 is 2.71 bits per heavy atom. The molecule has 1 aromatic heterocycles. The van der Waals surface area contributed by atoms with Gasteiger partial charge in [0.05, 0.1) is 11.4 Å². The van der Waals surface area contributed by atoms with Crippen LogP contribution in [0.25, 0.3) is 5.69 Å². The normalized spacial score (nSPS) is 10.5. The molecule has 3 aromatic rings. The summed E-state index contributed by atoms with van der Waals surface area (Å²) in [6.07, 6.45) is 0. The van der Waals surface area contributed by atoms with Crippen molar-refractivity contribution >= 4 is 35.1 Å². The number of amides is 1. The van der Waals surface area contributed by atoms with E-state index in [0.29, 0.717) is 5.16 Å². The molecule has 0 spiro atoms. The number of tetrazole rings is 1. The zero-order valence-corrected chi connectivity index (χ0v) is 17.3. The maximum atomic E-state index is 12.4. The van der Waals surface area contributed by atoms with Crippen LogP contribution in [0.2, 0.25) is 0 Å². The van der Waals surface area contributed by atoms with E-state index in [2.05, 4.69) is 26.9 Å². The van der Waals surface area contributed by atoms with Gasteiger partial charge in [-0.2, -0.15) is 9.94 Å². The van der Waals surface area contributed by atoms with Crippen molar-refractivity contribution in [1.82, 2.24) is 20.2 Å². The van der Waals surface area contributed by atoms with Gasteiger partial charge in [-0.3, -0.25) is 4.79 Å². The molecular formula is C19H18N6OS2. The van der Waals surface area contributed by atoms with E-state index < -0.39 is 0 Å². The van der Waals surface area contributed by atoms with Crippen molar-refractivity contribution < 1.29 is 4.79 Å². The summed E-state index contributed by atoms with van der Waals surface area (Å²) >= 11 is 2.36. The molecule has 0 aliphatic heterocycles. The Labute approximate surface area is 171 Å². The number of benzene rings is 2. The summed E-state index contributed by atoms with van der Waals surface area (Å²) in [6.45, 7) is 5.93. The lowest BCUT2D eigenvalue weighted by Crippen LogP contribution is -2.15. The quantitative estimate of drug-likeness (QED) is 0.486. The maximum Gasteiger partial charge on any atom is 0.234 e. The molecule has 0 fully saturated rings.